The normalized spacial score (nSPS) is 35.7. The van der Waals surface area contributed by atoms with E-state index in [9.17, 15) is 40.2 Å². The molecule has 0 aromatic rings. The molecular formula is C24H42O17S. The number of aliphatic hydroxyl groups is 6. The predicted octanol–water partition coefficient (Wildman–Crippen LogP) is -1.44. The van der Waals surface area contributed by atoms with Gasteiger partial charge >= 0.3 is 11.9 Å². The average Bonchev–Trinajstić information content (AvgIpc) is 2.98. The number of aliphatic hydroxyl groups excluding tert-OH is 6. The van der Waals surface area contributed by atoms with Crippen molar-refractivity contribution in [3.8, 4) is 0 Å². The fourth-order valence-electron chi connectivity index (χ4n) is 4.58. The van der Waals surface area contributed by atoms with Crippen LogP contribution in [0.25, 0.3) is 0 Å². The summed E-state index contributed by atoms with van der Waals surface area (Å²) < 4.78 is 37.3. The summed E-state index contributed by atoms with van der Waals surface area (Å²) in [7, 11) is 0. The van der Waals surface area contributed by atoms with E-state index in [1.807, 2.05) is 0 Å². The first-order valence-corrected chi connectivity index (χ1v) is 14.2. The van der Waals surface area contributed by atoms with Crippen molar-refractivity contribution in [2.75, 3.05) is 13.2 Å². The lowest BCUT2D eigenvalue weighted by atomic mass is 9.91. The maximum atomic E-state index is 13.2. The summed E-state index contributed by atoms with van der Waals surface area (Å²) in [5.74, 6) is -2.65. The molecule has 0 aromatic heterocycles. The van der Waals surface area contributed by atoms with Gasteiger partial charge < -0.3 is 54.3 Å². The molecule has 2 fully saturated rings. The van der Waals surface area contributed by atoms with Crippen LogP contribution in [0.3, 0.4) is 0 Å². The topological polar surface area (TPSA) is 250 Å². The molecular weight excluding hydrogens is 592 g/mol. The van der Waals surface area contributed by atoms with Gasteiger partial charge in [0.25, 0.3) is 0 Å². The summed E-state index contributed by atoms with van der Waals surface area (Å²) in [6, 6.07) is 0. The minimum atomic E-state index is -1.78. The minimum absolute atomic E-state index is 0.0208. The van der Waals surface area contributed by atoms with Crippen LogP contribution >= 0.6 is 12.3 Å². The van der Waals surface area contributed by atoms with Gasteiger partial charge in [0.1, 0.15) is 30.5 Å². The van der Waals surface area contributed by atoms with Gasteiger partial charge in [0.15, 0.2) is 36.9 Å². The van der Waals surface area contributed by atoms with Crippen molar-refractivity contribution in [2.24, 2.45) is 11.8 Å². The van der Waals surface area contributed by atoms with Crippen LogP contribution in [0.15, 0.2) is 0 Å². The number of carbonyl (C=O) groups excluding carboxylic acids is 2. The van der Waals surface area contributed by atoms with Crippen molar-refractivity contribution in [3.63, 3.8) is 0 Å². The van der Waals surface area contributed by atoms with E-state index in [4.69, 9.17) is 33.1 Å². The lowest BCUT2D eigenvalue weighted by molar-refractivity contribution is -0.435. The Kier molecular flexibility index (Phi) is 15.8. The zero-order valence-corrected chi connectivity index (χ0v) is 24.5. The third-order valence-corrected chi connectivity index (χ3v) is 7.53. The largest absolute Gasteiger partial charge is 0.455 e. The Balaban J connectivity index is 2.40. The van der Waals surface area contributed by atoms with E-state index < -0.39 is 98.6 Å². The van der Waals surface area contributed by atoms with Crippen molar-refractivity contribution in [2.45, 2.75) is 114 Å². The lowest BCUT2D eigenvalue weighted by Gasteiger charge is -2.46. The highest BCUT2D eigenvalue weighted by molar-refractivity contribution is 7.89. The van der Waals surface area contributed by atoms with E-state index in [1.54, 1.807) is 20.8 Å². The Bertz CT molecular complexity index is 822. The molecule has 42 heavy (non-hydrogen) atoms. The molecule has 2 heterocycles. The molecule has 0 amide bonds. The van der Waals surface area contributed by atoms with E-state index in [1.165, 1.54) is 6.92 Å². The van der Waals surface area contributed by atoms with Gasteiger partial charge in [0.2, 0.25) is 6.29 Å². The molecule has 7 N–H and O–H groups in total. The second kappa shape index (κ2) is 17.9. The third-order valence-electron chi connectivity index (χ3n) is 7.11. The SMILES string of the molecule is CCC(=O)OC1C(O)C(CO)OC(OC2OC(CO)C(O)C(O)C2OSOOO)C1OC(=O)C(C)CC(C)C(O)CC. The number of ether oxygens (including phenoxy) is 5. The first kappa shape index (κ1) is 37.0. The van der Waals surface area contributed by atoms with Crippen LogP contribution in [0.4, 0.5) is 0 Å². The molecule has 18 heteroatoms. The highest BCUT2D eigenvalue weighted by Crippen LogP contribution is 2.34. The number of esters is 2. The van der Waals surface area contributed by atoms with E-state index in [2.05, 4.69) is 9.37 Å². The van der Waals surface area contributed by atoms with Crippen LogP contribution in [0.1, 0.15) is 47.0 Å². The fourth-order valence-corrected chi connectivity index (χ4v) is 4.94. The van der Waals surface area contributed by atoms with E-state index in [-0.39, 0.29) is 31.1 Å². The smallest absolute Gasteiger partial charge is 0.309 e. The van der Waals surface area contributed by atoms with Crippen LogP contribution in [0.2, 0.25) is 0 Å². The second-order valence-corrected chi connectivity index (χ2v) is 10.6. The van der Waals surface area contributed by atoms with Gasteiger partial charge in [-0.1, -0.05) is 32.7 Å². The van der Waals surface area contributed by atoms with Gasteiger partial charge in [-0.25, -0.2) is 5.26 Å². The van der Waals surface area contributed by atoms with Crippen LogP contribution in [-0.4, -0.2) is 129 Å². The molecule has 246 valence electrons. The summed E-state index contributed by atoms with van der Waals surface area (Å²) in [6.07, 6.45) is -16.4. The Labute approximate surface area is 246 Å². The van der Waals surface area contributed by atoms with Gasteiger partial charge in [-0.05, 0) is 18.8 Å². The maximum absolute atomic E-state index is 13.2. The third kappa shape index (κ3) is 9.63. The van der Waals surface area contributed by atoms with Crippen LogP contribution < -0.4 is 0 Å². The summed E-state index contributed by atoms with van der Waals surface area (Å²) in [6.45, 7) is 5.04. The quantitative estimate of drug-likeness (QED) is 0.0337. The Morgan fingerprint density at radius 2 is 1.48 bits per heavy atom. The molecule has 0 radical (unpaired) electrons. The highest BCUT2D eigenvalue weighted by Gasteiger charge is 2.54. The molecule has 2 aliphatic heterocycles. The van der Waals surface area contributed by atoms with Crippen molar-refractivity contribution in [1.82, 2.24) is 0 Å². The number of carbonyl (C=O) groups is 2. The predicted molar refractivity (Wildman–Crippen MR) is 137 cm³/mol. The molecule has 0 aromatic carbocycles. The van der Waals surface area contributed by atoms with Gasteiger partial charge in [0.05, 0.1) is 25.2 Å². The molecule has 13 atom stereocenters. The van der Waals surface area contributed by atoms with Crippen LogP contribution in [0.5, 0.6) is 0 Å². The first-order chi connectivity index (χ1) is 19.9. The molecule has 0 aliphatic carbocycles. The Morgan fingerprint density at radius 1 is 0.881 bits per heavy atom. The molecule has 2 rings (SSSR count). The van der Waals surface area contributed by atoms with Crippen molar-refractivity contribution in [3.05, 3.63) is 0 Å². The number of rotatable bonds is 16. The molecule has 13 unspecified atom stereocenters. The van der Waals surface area contributed by atoms with E-state index in [0.717, 1.165) is 0 Å². The molecule has 17 nitrogen and oxygen atoms in total. The summed E-state index contributed by atoms with van der Waals surface area (Å²) in [4.78, 5) is 25.4. The standard InChI is InChI=1S/C24H42O17S/c1-5-12(27)10(3)7-11(4)22(32)37-21-19(36-15(28)6-2)17(30)14(9-26)35-24(21)38-23-20(39-42-41-40-33)18(31)16(29)13(8-25)34-23/h10-14,16-21,23-27,29-31,33H,5-9H2,1-4H3. The Morgan fingerprint density at radius 3 is 2.02 bits per heavy atom. The van der Waals surface area contributed by atoms with Crippen LogP contribution in [0, 0.1) is 11.8 Å². The molecule has 2 aliphatic rings. The Hall–Kier alpha value is -1.23. The van der Waals surface area contributed by atoms with Gasteiger partial charge in [-0.2, -0.15) is 0 Å². The number of hydrogen-bond acceptors (Lipinski definition) is 18. The highest BCUT2D eigenvalue weighted by atomic mass is 32.2. The average molecular weight is 635 g/mol. The first-order valence-electron chi connectivity index (χ1n) is 13.5. The van der Waals surface area contributed by atoms with Crippen molar-refractivity contribution < 1.29 is 82.7 Å². The molecule has 2 saturated heterocycles. The van der Waals surface area contributed by atoms with Crippen LogP contribution in [-0.2, 0) is 46.8 Å². The second-order valence-electron chi connectivity index (χ2n) is 10.1. The monoisotopic (exact) mass is 634 g/mol. The van der Waals surface area contributed by atoms with Gasteiger partial charge in [0, 0.05) is 6.42 Å². The zero-order valence-electron chi connectivity index (χ0n) is 23.7. The van der Waals surface area contributed by atoms with Crippen molar-refractivity contribution in [1.29, 1.82) is 0 Å². The number of hydrogen-bond donors (Lipinski definition) is 7. The van der Waals surface area contributed by atoms with E-state index in [0.29, 0.717) is 6.42 Å². The van der Waals surface area contributed by atoms with Gasteiger partial charge in [-0.3, -0.25) is 13.8 Å². The van der Waals surface area contributed by atoms with Gasteiger partial charge in [-0.15, -0.1) is 4.33 Å². The minimum Gasteiger partial charge on any atom is -0.455 e. The summed E-state index contributed by atoms with van der Waals surface area (Å²) in [5.41, 5.74) is 0. The molecule has 0 bridgehead atoms. The summed E-state index contributed by atoms with van der Waals surface area (Å²) >= 11 is 0.0208. The lowest BCUT2D eigenvalue weighted by Crippen LogP contribution is -2.65. The zero-order chi connectivity index (χ0) is 31.6. The maximum Gasteiger partial charge on any atom is 0.309 e. The molecule has 0 spiro atoms. The van der Waals surface area contributed by atoms with Crippen molar-refractivity contribution >= 4 is 24.3 Å². The molecule has 0 saturated carbocycles. The summed E-state index contributed by atoms with van der Waals surface area (Å²) in [5, 5.41) is 73.2. The fraction of sp³-hybridized carbons (Fsp3) is 0.917. The van der Waals surface area contributed by atoms with E-state index >= 15 is 0 Å².